The number of hydrogen-bond acceptors (Lipinski definition) is 4. The highest BCUT2D eigenvalue weighted by Gasteiger charge is 2.06. The molecule has 0 aliphatic carbocycles. The summed E-state index contributed by atoms with van der Waals surface area (Å²) in [5.74, 6) is 1.09. The number of nitrogens with zero attached hydrogens (tertiary/aromatic N) is 1. The van der Waals surface area contributed by atoms with Crippen molar-refractivity contribution in [1.29, 1.82) is 0 Å². The fourth-order valence-electron chi connectivity index (χ4n) is 1.42. The number of benzene rings is 1. The Morgan fingerprint density at radius 1 is 1.33 bits per heavy atom. The third-order valence-corrected chi connectivity index (χ3v) is 3.28. The van der Waals surface area contributed by atoms with Crippen molar-refractivity contribution in [2.45, 2.75) is 12.2 Å². The average Bonchev–Trinajstić information content (AvgIpc) is 2.84. The first-order chi connectivity index (χ1) is 8.75. The molecule has 1 aromatic heterocycles. The minimum absolute atomic E-state index is 0.175. The Balaban J connectivity index is 1.89. The number of aromatic nitrogens is 1. The van der Waals surface area contributed by atoms with E-state index in [0.717, 1.165) is 11.3 Å². The molecule has 0 aliphatic heterocycles. The molecule has 0 saturated carbocycles. The van der Waals surface area contributed by atoms with Gasteiger partial charge in [0.2, 0.25) is 5.89 Å². The molecule has 0 saturated heterocycles. The Morgan fingerprint density at radius 2 is 2.11 bits per heavy atom. The molecule has 0 spiro atoms. The summed E-state index contributed by atoms with van der Waals surface area (Å²) in [6, 6.07) is 9.68. The van der Waals surface area contributed by atoms with E-state index in [1.165, 1.54) is 11.8 Å². The van der Waals surface area contributed by atoms with Crippen LogP contribution in [0.4, 0.5) is 0 Å². The summed E-state index contributed by atoms with van der Waals surface area (Å²) in [6.45, 7) is 0. The smallest absolute Gasteiger partial charge is 0.304 e. The fraction of sp³-hybridized carbons (Fsp3) is 0.231. The minimum Gasteiger partial charge on any atom is -0.481 e. The largest absolute Gasteiger partial charge is 0.481 e. The fourth-order valence-corrected chi connectivity index (χ4v) is 2.23. The Kier molecular flexibility index (Phi) is 4.41. The molecule has 1 N–H and O–H groups in total. The van der Waals surface area contributed by atoms with Gasteiger partial charge in [-0.2, -0.15) is 11.8 Å². The number of thioether (sulfide) groups is 1. The summed E-state index contributed by atoms with van der Waals surface area (Å²) < 4.78 is 5.39. The van der Waals surface area contributed by atoms with Crippen LogP contribution < -0.4 is 0 Å². The number of hydrogen-bond donors (Lipinski definition) is 1. The maximum absolute atomic E-state index is 10.4. The molecule has 94 valence electrons. The van der Waals surface area contributed by atoms with Crippen molar-refractivity contribution in [3.05, 3.63) is 42.3 Å². The lowest BCUT2D eigenvalue weighted by atomic mass is 10.2. The molecule has 0 amide bonds. The van der Waals surface area contributed by atoms with Crippen LogP contribution in [-0.2, 0) is 10.5 Å². The predicted octanol–water partition coefficient (Wildman–Crippen LogP) is 3.05. The first kappa shape index (κ1) is 12.7. The summed E-state index contributed by atoms with van der Waals surface area (Å²) in [7, 11) is 0. The molecule has 1 aromatic carbocycles. The Labute approximate surface area is 109 Å². The van der Waals surface area contributed by atoms with Crippen molar-refractivity contribution >= 4 is 17.7 Å². The highest BCUT2D eigenvalue weighted by atomic mass is 32.2. The minimum atomic E-state index is -0.771. The lowest BCUT2D eigenvalue weighted by Crippen LogP contribution is -1.96. The van der Waals surface area contributed by atoms with Gasteiger partial charge in [-0.15, -0.1) is 0 Å². The maximum Gasteiger partial charge on any atom is 0.304 e. The van der Waals surface area contributed by atoms with Gasteiger partial charge in [-0.05, 0) is 12.1 Å². The van der Waals surface area contributed by atoms with Crippen LogP contribution in [0.25, 0.3) is 11.5 Å². The van der Waals surface area contributed by atoms with Gasteiger partial charge in [0, 0.05) is 17.1 Å². The van der Waals surface area contributed by atoms with Gasteiger partial charge in [0.15, 0.2) is 0 Å². The zero-order valence-corrected chi connectivity index (χ0v) is 10.5. The topological polar surface area (TPSA) is 63.3 Å². The van der Waals surface area contributed by atoms with Crippen molar-refractivity contribution in [2.24, 2.45) is 0 Å². The molecule has 1 heterocycles. The lowest BCUT2D eigenvalue weighted by Gasteiger charge is -1.95. The zero-order chi connectivity index (χ0) is 12.8. The monoisotopic (exact) mass is 263 g/mol. The van der Waals surface area contributed by atoms with Crippen LogP contribution in [0.3, 0.4) is 0 Å². The maximum atomic E-state index is 10.4. The molecule has 0 unspecified atom stereocenters. The van der Waals surface area contributed by atoms with E-state index in [9.17, 15) is 4.79 Å². The number of rotatable bonds is 6. The van der Waals surface area contributed by atoms with Crippen LogP contribution in [-0.4, -0.2) is 21.8 Å². The quantitative estimate of drug-likeness (QED) is 0.811. The Bertz CT molecular complexity index is 510. The van der Waals surface area contributed by atoms with Gasteiger partial charge in [0.25, 0.3) is 0 Å². The highest BCUT2D eigenvalue weighted by Crippen LogP contribution is 2.20. The van der Waals surface area contributed by atoms with E-state index in [0.29, 0.717) is 17.4 Å². The van der Waals surface area contributed by atoms with Gasteiger partial charge < -0.3 is 9.52 Å². The molecule has 4 nitrogen and oxygen atoms in total. The number of aliphatic carboxylic acids is 1. The molecule has 0 bridgehead atoms. The first-order valence-corrected chi connectivity index (χ1v) is 6.70. The normalized spacial score (nSPS) is 10.4. The molecule has 0 atom stereocenters. The van der Waals surface area contributed by atoms with Gasteiger partial charge >= 0.3 is 5.97 Å². The lowest BCUT2D eigenvalue weighted by molar-refractivity contribution is -0.136. The van der Waals surface area contributed by atoms with Crippen molar-refractivity contribution < 1.29 is 14.3 Å². The van der Waals surface area contributed by atoms with Crippen LogP contribution in [0.2, 0.25) is 0 Å². The van der Waals surface area contributed by atoms with Gasteiger partial charge in [0.05, 0.1) is 12.1 Å². The third-order valence-electron chi connectivity index (χ3n) is 2.28. The van der Waals surface area contributed by atoms with Crippen LogP contribution in [0.5, 0.6) is 0 Å². The summed E-state index contributed by atoms with van der Waals surface area (Å²) in [5.41, 5.74) is 1.78. The van der Waals surface area contributed by atoms with Gasteiger partial charge in [-0.1, -0.05) is 18.2 Å². The number of carbonyl (C=O) groups is 1. The number of oxazole rings is 1. The first-order valence-electron chi connectivity index (χ1n) is 5.55. The van der Waals surface area contributed by atoms with E-state index in [2.05, 4.69) is 4.98 Å². The molecule has 2 aromatic rings. The SMILES string of the molecule is O=C(O)CCSCc1coc(-c2ccccc2)n1. The van der Waals surface area contributed by atoms with Crippen molar-refractivity contribution in [2.75, 3.05) is 5.75 Å². The summed E-state index contributed by atoms with van der Waals surface area (Å²) in [6.07, 6.45) is 1.80. The molecule has 18 heavy (non-hydrogen) atoms. The second-order valence-corrected chi connectivity index (χ2v) is 4.81. The molecule has 2 rings (SSSR count). The zero-order valence-electron chi connectivity index (χ0n) is 9.70. The molecule has 0 fully saturated rings. The van der Waals surface area contributed by atoms with Crippen LogP contribution in [0, 0.1) is 0 Å². The summed E-state index contributed by atoms with van der Waals surface area (Å²) in [4.78, 5) is 14.7. The predicted molar refractivity (Wildman–Crippen MR) is 70.4 cm³/mol. The van der Waals surface area contributed by atoms with Gasteiger partial charge in [-0.25, -0.2) is 4.98 Å². The van der Waals surface area contributed by atoms with E-state index in [1.807, 2.05) is 30.3 Å². The van der Waals surface area contributed by atoms with Gasteiger partial charge in [-0.3, -0.25) is 4.79 Å². The van der Waals surface area contributed by atoms with E-state index in [1.54, 1.807) is 6.26 Å². The van der Waals surface area contributed by atoms with E-state index in [-0.39, 0.29) is 6.42 Å². The second kappa shape index (κ2) is 6.26. The highest BCUT2D eigenvalue weighted by molar-refractivity contribution is 7.98. The van der Waals surface area contributed by atoms with Crippen molar-refractivity contribution in [3.63, 3.8) is 0 Å². The second-order valence-electron chi connectivity index (χ2n) is 3.71. The molecular weight excluding hydrogens is 250 g/mol. The molecule has 0 radical (unpaired) electrons. The summed E-state index contributed by atoms with van der Waals surface area (Å²) >= 11 is 1.54. The van der Waals surface area contributed by atoms with Crippen molar-refractivity contribution in [3.8, 4) is 11.5 Å². The Morgan fingerprint density at radius 3 is 2.83 bits per heavy atom. The number of carboxylic acids is 1. The van der Waals surface area contributed by atoms with Crippen LogP contribution >= 0.6 is 11.8 Å². The molecule has 5 heteroatoms. The standard InChI is InChI=1S/C13H13NO3S/c15-12(16)6-7-18-9-11-8-17-13(14-11)10-4-2-1-3-5-10/h1-5,8H,6-7,9H2,(H,15,16). The molecular formula is C13H13NO3S. The van der Waals surface area contributed by atoms with Crippen LogP contribution in [0.15, 0.2) is 41.0 Å². The van der Waals surface area contributed by atoms with Crippen molar-refractivity contribution in [1.82, 2.24) is 4.98 Å². The number of carboxylic acid groups (broad SMARTS) is 1. The van der Waals surface area contributed by atoms with Crippen LogP contribution in [0.1, 0.15) is 12.1 Å². The van der Waals surface area contributed by atoms with E-state index >= 15 is 0 Å². The van der Waals surface area contributed by atoms with E-state index < -0.39 is 5.97 Å². The molecule has 0 aliphatic rings. The average molecular weight is 263 g/mol. The third kappa shape index (κ3) is 3.63. The Hall–Kier alpha value is -1.75. The van der Waals surface area contributed by atoms with E-state index in [4.69, 9.17) is 9.52 Å². The van der Waals surface area contributed by atoms with Gasteiger partial charge in [0.1, 0.15) is 6.26 Å². The summed E-state index contributed by atoms with van der Waals surface area (Å²) in [5, 5.41) is 8.52.